The molecule has 0 saturated carbocycles. The van der Waals surface area contributed by atoms with Crippen molar-refractivity contribution in [2.24, 2.45) is 0 Å². The molecule has 2 aromatic heterocycles. The van der Waals surface area contributed by atoms with E-state index in [0.29, 0.717) is 36.1 Å². The van der Waals surface area contributed by atoms with E-state index in [9.17, 15) is 4.79 Å². The van der Waals surface area contributed by atoms with Crippen LogP contribution in [0.3, 0.4) is 0 Å². The minimum Gasteiger partial charge on any atom is -0.352 e. The summed E-state index contributed by atoms with van der Waals surface area (Å²) in [5.41, 5.74) is 2.04. The molecular weight excluding hydrogens is 432 g/mol. The molecule has 150 valence electrons. The maximum absolute atomic E-state index is 13.4. The highest BCUT2D eigenvalue weighted by atomic mass is 79.9. The summed E-state index contributed by atoms with van der Waals surface area (Å²) in [7, 11) is 0. The molecule has 0 aliphatic carbocycles. The van der Waals surface area contributed by atoms with Crippen molar-refractivity contribution in [3.05, 3.63) is 64.8 Å². The maximum Gasteiger partial charge on any atom is 0.257 e. The van der Waals surface area contributed by atoms with E-state index in [0.717, 1.165) is 10.0 Å². The number of nitrogens with one attached hydrogen (secondary N) is 1. The van der Waals surface area contributed by atoms with E-state index >= 15 is 0 Å². The molecule has 2 heterocycles. The van der Waals surface area contributed by atoms with Crippen LogP contribution in [0.5, 0.6) is 0 Å². The fourth-order valence-corrected chi connectivity index (χ4v) is 3.21. The predicted molar refractivity (Wildman–Crippen MR) is 117 cm³/mol. The summed E-state index contributed by atoms with van der Waals surface area (Å²) in [4.78, 5) is 32.4. The van der Waals surface area contributed by atoms with Crippen molar-refractivity contribution >= 4 is 27.8 Å². The molecule has 7 nitrogen and oxygen atoms in total. The highest BCUT2D eigenvalue weighted by Gasteiger charge is 2.24. The molecule has 0 spiro atoms. The average molecular weight is 455 g/mol. The third kappa shape index (κ3) is 5.14. The fourth-order valence-electron chi connectivity index (χ4n) is 3.01. The number of rotatable bonds is 7. The van der Waals surface area contributed by atoms with Gasteiger partial charge in [-0.25, -0.2) is 19.9 Å². The molecule has 1 N–H and O–H groups in total. The van der Waals surface area contributed by atoms with Crippen LogP contribution in [0.4, 0.5) is 5.95 Å². The van der Waals surface area contributed by atoms with Crippen molar-refractivity contribution in [3.8, 4) is 11.3 Å². The lowest BCUT2D eigenvalue weighted by molar-refractivity contribution is 0.0712. The number of aromatic nitrogens is 4. The lowest BCUT2D eigenvalue weighted by Gasteiger charge is -2.29. The largest absolute Gasteiger partial charge is 0.352 e. The van der Waals surface area contributed by atoms with Gasteiger partial charge in [0, 0.05) is 43.3 Å². The van der Waals surface area contributed by atoms with E-state index in [1.807, 2.05) is 51.1 Å². The molecule has 1 unspecified atom stereocenters. The molecule has 0 bridgehead atoms. The Balaban J connectivity index is 1.81. The molecule has 0 radical (unpaired) electrons. The first-order chi connectivity index (χ1) is 14.0. The zero-order chi connectivity index (χ0) is 20.8. The van der Waals surface area contributed by atoms with E-state index in [1.165, 1.54) is 0 Å². The average Bonchev–Trinajstić information content (AvgIpc) is 2.74. The van der Waals surface area contributed by atoms with Gasteiger partial charge < -0.3 is 10.2 Å². The number of carbonyl (C=O) groups excluding carboxylic acids is 1. The van der Waals surface area contributed by atoms with Crippen molar-refractivity contribution < 1.29 is 4.79 Å². The van der Waals surface area contributed by atoms with E-state index in [2.05, 4.69) is 41.2 Å². The van der Waals surface area contributed by atoms with Gasteiger partial charge in [-0.05, 0) is 36.7 Å². The summed E-state index contributed by atoms with van der Waals surface area (Å²) < 4.78 is 0.814. The van der Waals surface area contributed by atoms with Crippen LogP contribution in [0.15, 0.2) is 53.4 Å². The summed E-state index contributed by atoms with van der Waals surface area (Å²) in [6.45, 7) is 6.86. The Labute approximate surface area is 178 Å². The molecule has 29 heavy (non-hydrogen) atoms. The van der Waals surface area contributed by atoms with Gasteiger partial charge in [0.2, 0.25) is 5.95 Å². The molecule has 8 heteroatoms. The predicted octanol–water partition coefficient (Wildman–Crippen LogP) is 3.97. The highest BCUT2D eigenvalue weighted by molar-refractivity contribution is 9.10. The lowest BCUT2D eigenvalue weighted by atomic mass is 10.1. The Hall–Kier alpha value is -2.87. The Morgan fingerprint density at radius 1 is 1.14 bits per heavy atom. The lowest BCUT2D eigenvalue weighted by Crippen LogP contribution is -2.42. The zero-order valence-electron chi connectivity index (χ0n) is 16.6. The second kappa shape index (κ2) is 9.56. The highest BCUT2D eigenvalue weighted by Crippen LogP contribution is 2.23. The summed E-state index contributed by atoms with van der Waals surface area (Å²) in [5.74, 6) is 1.05. The maximum atomic E-state index is 13.4. The van der Waals surface area contributed by atoms with Crippen molar-refractivity contribution in [2.45, 2.75) is 26.8 Å². The molecule has 1 aromatic carbocycles. The van der Waals surface area contributed by atoms with Crippen LogP contribution in [-0.2, 0) is 0 Å². The number of carbonyl (C=O) groups is 1. The van der Waals surface area contributed by atoms with Crippen LogP contribution in [0.25, 0.3) is 11.3 Å². The second-order valence-electron chi connectivity index (χ2n) is 6.59. The Morgan fingerprint density at radius 2 is 1.83 bits per heavy atom. The summed E-state index contributed by atoms with van der Waals surface area (Å²) in [6, 6.07) is 9.63. The van der Waals surface area contributed by atoms with E-state index in [-0.39, 0.29) is 11.9 Å². The van der Waals surface area contributed by atoms with Crippen molar-refractivity contribution in [2.75, 3.05) is 18.4 Å². The van der Waals surface area contributed by atoms with E-state index in [1.54, 1.807) is 23.5 Å². The number of anilines is 1. The van der Waals surface area contributed by atoms with Gasteiger partial charge in [0.25, 0.3) is 5.91 Å². The number of aryl methyl sites for hydroxylation is 1. The fraction of sp³-hybridized carbons (Fsp3) is 0.286. The van der Waals surface area contributed by atoms with E-state index < -0.39 is 0 Å². The first kappa shape index (κ1) is 20.9. The number of hydrogen-bond donors (Lipinski definition) is 1. The van der Waals surface area contributed by atoms with Gasteiger partial charge in [-0.3, -0.25) is 4.79 Å². The van der Waals surface area contributed by atoms with Crippen molar-refractivity contribution in [3.63, 3.8) is 0 Å². The van der Waals surface area contributed by atoms with Crippen molar-refractivity contribution in [1.82, 2.24) is 24.8 Å². The number of halogens is 1. The standard InChI is InChI=1S/C21H23BrN6O/c1-4-28(14(2)10-24-21-25-11-17(22)12-26-21)20(29)18-13-23-15(3)27-19(18)16-8-6-5-7-9-16/h5-9,11-14H,4,10H2,1-3H3,(H,24,25,26). The van der Waals surface area contributed by atoms with Gasteiger partial charge in [-0.15, -0.1) is 0 Å². The normalized spacial score (nSPS) is 11.7. The quantitative estimate of drug-likeness (QED) is 0.581. The van der Waals surface area contributed by atoms with Gasteiger partial charge in [0.15, 0.2) is 0 Å². The zero-order valence-corrected chi connectivity index (χ0v) is 18.2. The van der Waals surface area contributed by atoms with Gasteiger partial charge in [0.1, 0.15) is 5.82 Å². The summed E-state index contributed by atoms with van der Waals surface area (Å²) in [5, 5.41) is 3.18. The van der Waals surface area contributed by atoms with Gasteiger partial charge in [0.05, 0.1) is 15.7 Å². The molecule has 3 aromatic rings. The third-order valence-electron chi connectivity index (χ3n) is 4.50. The number of likely N-dealkylation sites (N-methyl/N-ethyl adjacent to an activating group) is 1. The molecule has 1 atom stereocenters. The smallest absolute Gasteiger partial charge is 0.257 e. The first-order valence-electron chi connectivity index (χ1n) is 9.41. The third-order valence-corrected chi connectivity index (χ3v) is 4.91. The van der Waals surface area contributed by atoms with Gasteiger partial charge in [-0.2, -0.15) is 0 Å². The summed E-state index contributed by atoms with van der Waals surface area (Å²) >= 11 is 3.32. The van der Waals surface area contributed by atoms with Gasteiger partial charge >= 0.3 is 0 Å². The number of hydrogen-bond acceptors (Lipinski definition) is 6. The molecule has 1 amide bonds. The number of nitrogens with zero attached hydrogens (tertiary/aromatic N) is 5. The van der Waals surface area contributed by atoms with Crippen molar-refractivity contribution in [1.29, 1.82) is 0 Å². The van der Waals surface area contributed by atoms with Crippen LogP contribution >= 0.6 is 15.9 Å². The summed E-state index contributed by atoms with van der Waals surface area (Å²) in [6.07, 6.45) is 4.98. The molecule has 3 rings (SSSR count). The monoisotopic (exact) mass is 454 g/mol. The van der Waals surface area contributed by atoms with Crippen LogP contribution < -0.4 is 5.32 Å². The van der Waals surface area contributed by atoms with E-state index in [4.69, 9.17) is 0 Å². The topological polar surface area (TPSA) is 83.9 Å². The van der Waals surface area contributed by atoms with Crippen LogP contribution in [0.2, 0.25) is 0 Å². The Kier molecular flexibility index (Phi) is 6.87. The Bertz CT molecular complexity index is 965. The first-order valence-corrected chi connectivity index (χ1v) is 10.2. The number of amides is 1. The molecule has 0 fully saturated rings. The molecule has 0 saturated heterocycles. The van der Waals surface area contributed by atoms with Gasteiger partial charge in [-0.1, -0.05) is 30.3 Å². The minimum absolute atomic E-state index is 0.0790. The minimum atomic E-state index is -0.0997. The van der Waals surface area contributed by atoms with Crippen LogP contribution in [0, 0.1) is 6.92 Å². The molecule has 0 aliphatic heterocycles. The molecule has 0 aliphatic rings. The number of benzene rings is 1. The van der Waals surface area contributed by atoms with Crippen LogP contribution in [-0.4, -0.2) is 49.9 Å². The SMILES string of the molecule is CCN(C(=O)c1cnc(C)nc1-c1ccccc1)C(C)CNc1ncc(Br)cn1. The molecular formula is C21H23BrN6O. The van der Waals surface area contributed by atoms with Crippen LogP contribution in [0.1, 0.15) is 30.0 Å². The Morgan fingerprint density at radius 3 is 2.48 bits per heavy atom. The second-order valence-corrected chi connectivity index (χ2v) is 7.51.